The summed E-state index contributed by atoms with van der Waals surface area (Å²) >= 11 is 5.98. The number of hydrogen-bond acceptors (Lipinski definition) is 6. The number of benzene rings is 2. The molecular formula is C20H22ClN3O5S. The molecule has 0 saturated carbocycles. The van der Waals surface area contributed by atoms with Crippen LogP contribution in [0.3, 0.4) is 0 Å². The van der Waals surface area contributed by atoms with Gasteiger partial charge in [0.15, 0.2) is 0 Å². The second kappa shape index (κ2) is 11.1. The Balaban J connectivity index is 2.26. The molecule has 1 amide bonds. The number of carbonyl (C=O) groups is 1. The molecule has 0 atom stereocenters. The number of hydrogen-bond donors (Lipinski definition) is 1. The molecule has 0 bridgehead atoms. The van der Waals surface area contributed by atoms with Crippen molar-refractivity contribution in [3.8, 4) is 6.07 Å². The predicted octanol–water partition coefficient (Wildman–Crippen LogP) is 2.75. The second-order valence-electron chi connectivity index (χ2n) is 6.18. The maximum atomic E-state index is 13.0. The van der Waals surface area contributed by atoms with Crippen LogP contribution < -0.4 is 5.32 Å². The normalized spacial score (nSPS) is 11.3. The molecule has 160 valence electrons. The third-order valence-corrected chi connectivity index (χ3v) is 6.38. The molecule has 0 spiro atoms. The van der Waals surface area contributed by atoms with Gasteiger partial charge in [-0.1, -0.05) is 17.7 Å². The highest BCUT2D eigenvalue weighted by atomic mass is 35.5. The highest BCUT2D eigenvalue weighted by Crippen LogP contribution is 2.22. The first kappa shape index (κ1) is 23.8. The van der Waals surface area contributed by atoms with Crippen LogP contribution in [0.5, 0.6) is 0 Å². The van der Waals surface area contributed by atoms with E-state index in [9.17, 15) is 13.2 Å². The second-order valence-corrected chi connectivity index (χ2v) is 8.52. The van der Waals surface area contributed by atoms with Crippen LogP contribution >= 0.6 is 11.6 Å². The lowest BCUT2D eigenvalue weighted by Gasteiger charge is -2.21. The topological polar surface area (TPSA) is 109 Å². The zero-order valence-electron chi connectivity index (χ0n) is 16.6. The van der Waals surface area contributed by atoms with E-state index in [4.69, 9.17) is 26.3 Å². The summed E-state index contributed by atoms with van der Waals surface area (Å²) in [6, 6.07) is 12.2. The number of nitriles is 1. The summed E-state index contributed by atoms with van der Waals surface area (Å²) in [5, 5.41) is 11.8. The van der Waals surface area contributed by atoms with E-state index in [2.05, 4.69) is 5.32 Å². The molecule has 0 unspecified atom stereocenters. The Kier molecular flexibility index (Phi) is 8.77. The fraction of sp³-hybridized carbons (Fsp3) is 0.300. The van der Waals surface area contributed by atoms with Crippen molar-refractivity contribution in [3.05, 3.63) is 58.6 Å². The highest BCUT2D eigenvalue weighted by molar-refractivity contribution is 7.89. The molecule has 10 heteroatoms. The molecule has 2 aromatic rings. The number of nitrogens with zero attached hydrogens (tertiary/aromatic N) is 2. The van der Waals surface area contributed by atoms with E-state index in [0.717, 1.165) is 0 Å². The zero-order valence-corrected chi connectivity index (χ0v) is 18.2. The van der Waals surface area contributed by atoms with E-state index in [1.54, 1.807) is 6.07 Å². The van der Waals surface area contributed by atoms with Gasteiger partial charge in [0.05, 0.1) is 28.7 Å². The van der Waals surface area contributed by atoms with E-state index >= 15 is 0 Å². The summed E-state index contributed by atoms with van der Waals surface area (Å²) in [7, 11) is -0.879. The molecule has 0 aliphatic heterocycles. The third-order valence-electron chi connectivity index (χ3n) is 4.17. The van der Waals surface area contributed by atoms with E-state index < -0.39 is 15.9 Å². The van der Waals surface area contributed by atoms with Gasteiger partial charge in [-0.25, -0.2) is 8.42 Å². The molecule has 0 saturated heterocycles. The lowest BCUT2D eigenvalue weighted by molar-refractivity contribution is 0.102. The standard InChI is InChI=1S/C20H22ClN3O5S/c1-28-10-8-24(9-11-29-2)30(26,27)18-5-3-4-15(12-18)20(25)23-17-7-6-16(14-22)19(21)13-17/h3-7,12-13H,8-11H2,1-2H3,(H,23,25). The van der Waals surface area contributed by atoms with Gasteiger partial charge in [-0.3, -0.25) is 4.79 Å². The minimum Gasteiger partial charge on any atom is -0.383 e. The van der Waals surface area contributed by atoms with Gasteiger partial charge in [0.25, 0.3) is 5.91 Å². The SMILES string of the molecule is COCCN(CCOC)S(=O)(=O)c1cccc(C(=O)Nc2ccc(C#N)c(Cl)c2)c1. The van der Waals surface area contributed by atoms with Crippen molar-refractivity contribution in [2.75, 3.05) is 45.8 Å². The van der Waals surface area contributed by atoms with Crippen molar-refractivity contribution < 1.29 is 22.7 Å². The van der Waals surface area contributed by atoms with Crippen LogP contribution in [0.4, 0.5) is 5.69 Å². The molecule has 0 fully saturated rings. The average molecular weight is 452 g/mol. The largest absolute Gasteiger partial charge is 0.383 e. The summed E-state index contributed by atoms with van der Waals surface area (Å²) in [5.41, 5.74) is 0.837. The Bertz CT molecular complexity index is 1030. The minimum absolute atomic E-state index is 0.0137. The number of halogens is 1. The molecule has 0 radical (unpaired) electrons. The summed E-state index contributed by atoms with van der Waals surface area (Å²) < 4.78 is 37.3. The van der Waals surface area contributed by atoms with Gasteiger partial charge in [0.1, 0.15) is 6.07 Å². The van der Waals surface area contributed by atoms with Crippen molar-refractivity contribution in [2.45, 2.75) is 4.90 Å². The number of rotatable bonds is 10. The molecule has 2 rings (SSSR count). The summed E-state index contributed by atoms with van der Waals surface area (Å²) in [4.78, 5) is 12.6. The van der Waals surface area contributed by atoms with Crippen LogP contribution in [0.15, 0.2) is 47.4 Å². The summed E-state index contributed by atoms with van der Waals surface area (Å²) in [6.07, 6.45) is 0. The predicted molar refractivity (Wildman–Crippen MR) is 113 cm³/mol. The van der Waals surface area contributed by atoms with Crippen LogP contribution in [0.2, 0.25) is 5.02 Å². The summed E-state index contributed by atoms with van der Waals surface area (Å²) in [6.45, 7) is 0.760. The van der Waals surface area contributed by atoms with E-state index in [1.165, 1.54) is 54.9 Å². The first-order valence-corrected chi connectivity index (χ1v) is 10.7. The van der Waals surface area contributed by atoms with E-state index in [-0.39, 0.29) is 47.3 Å². The van der Waals surface area contributed by atoms with Gasteiger partial charge in [0, 0.05) is 38.6 Å². The van der Waals surface area contributed by atoms with Gasteiger partial charge in [0.2, 0.25) is 10.0 Å². The number of carbonyl (C=O) groups excluding carboxylic acids is 1. The number of nitrogens with one attached hydrogen (secondary N) is 1. The molecule has 1 N–H and O–H groups in total. The Morgan fingerprint density at radius 2 is 1.80 bits per heavy atom. The fourth-order valence-corrected chi connectivity index (χ4v) is 4.25. The monoisotopic (exact) mass is 451 g/mol. The molecular weight excluding hydrogens is 430 g/mol. The molecule has 0 aliphatic rings. The average Bonchev–Trinajstić information content (AvgIpc) is 2.74. The molecule has 30 heavy (non-hydrogen) atoms. The lowest BCUT2D eigenvalue weighted by atomic mass is 10.2. The molecule has 8 nitrogen and oxygen atoms in total. The quantitative estimate of drug-likeness (QED) is 0.595. The number of ether oxygens (including phenoxy) is 2. The molecule has 0 aromatic heterocycles. The third kappa shape index (κ3) is 6.01. The van der Waals surface area contributed by atoms with Crippen molar-refractivity contribution in [1.82, 2.24) is 4.31 Å². The van der Waals surface area contributed by atoms with Gasteiger partial charge < -0.3 is 14.8 Å². The lowest BCUT2D eigenvalue weighted by Crippen LogP contribution is -2.36. The smallest absolute Gasteiger partial charge is 0.255 e. The Hall–Kier alpha value is -2.48. The Labute approximate surface area is 181 Å². The molecule has 0 heterocycles. The van der Waals surface area contributed by atoms with Crippen LogP contribution in [-0.4, -0.2) is 59.2 Å². The van der Waals surface area contributed by atoms with Gasteiger partial charge >= 0.3 is 0 Å². The number of anilines is 1. The number of amides is 1. The first-order valence-electron chi connectivity index (χ1n) is 8.92. The molecule has 2 aromatic carbocycles. The van der Waals surface area contributed by atoms with Crippen LogP contribution in [0, 0.1) is 11.3 Å². The van der Waals surface area contributed by atoms with Gasteiger partial charge in [-0.2, -0.15) is 9.57 Å². The highest BCUT2D eigenvalue weighted by Gasteiger charge is 2.25. The maximum Gasteiger partial charge on any atom is 0.255 e. The van der Waals surface area contributed by atoms with Crippen LogP contribution in [0.1, 0.15) is 15.9 Å². The van der Waals surface area contributed by atoms with Gasteiger partial charge in [-0.05, 0) is 36.4 Å². The van der Waals surface area contributed by atoms with Crippen LogP contribution in [-0.2, 0) is 19.5 Å². The van der Waals surface area contributed by atoms with Gasteiger partial charge in [-0.15, -0.1) is 0 Å². The first-order chi connectivity index (χ1) is 14.3. The number of sulfonamides is 1. The van der Waals surface area contributed by atoms with E-state index in [0.29, 0.717) is 5.69 Å². The van der Waals surface area contributed by atoms with E-state index in [1.807, 2.05) is 6.07 Å². The van der Waals surface area contributed by atoms with Crippen molar-refractivity contribution in [2.24, 2.45) is 0 Å². The molecule has 0 aliphatic carbocycles. The van der Waals surface area contributed by atoms with Crippen molar-refractivity contribution in [3.63, 3.8) is 0 Å². The number of methoxy groups -OCH3 is 2. The van der Waals surface area contributed by atoms with Crippen LogP contribution in [0.25, 0.3) is 0 Å². The fourth-order valence-electron chi connectivity index (χ4n) is 2.57. The van der Waals surface area contributed by atoms with Crippen molar-refractivity contribution >= 4 is 33.2 Å². The Morgan fingerprint density at radius 3 is 2.37 bits per heavy atom. The Morgan fingerprint density at radius 1 is 1.13 bits per heavy atom. The summed E-state index contributed by atoms with van der Waals surface area (Å²) in [5.74, 6) is -0.506. The maximum absolute atomic E-state index is 13.0. The van der Waals surface area contributed by atoms with Crippen molar-refractivity contribution in [1.29, 1.82) is 5.26 Å². The zero-order chi connectivity index (χ0) is 22.1. The minimum atomic E-state index is -3.85.